The number of carboxylic acid groups (broad SMARTS) is 1. The quantitative estimate of drug-likeness (QED) is 0.365. The molecule has 0 fully saturated rings. The maximum Gasteiger partial charge on any atom is 0.416 e. The fraction of sp³-hybridized carbons (Fsp3) is 0.440. The molecule has 2 atom stereocenters. The van der Waals surface area contributed by atoms with E-state index in [1.807, 2.05) is 6.92 Å². The number of benzene rings is 2. The summed E-state index contributed by atoms with van der Waals surface area (Å²) in [4.78, 5) is 23.6. The fourth-order valence-electron chi connectivity index (χ4n) is 3.44. The molecule has 2 rings (SSSR count). The number of alkyl halides is 3. The van der Waals surface area contributed by atoms with Gasteiger partial charge < -0.3 is 19.9 Å². The molecule has 2 aromatic rings. The molecule has 0 aliphatic carbocycles. The molecule has 10 heteroatoms. The van der Waals surface area contributed by atoms with Gasteiger partial charge >= 0.3 is 12.1 Å². The Balaban J connectivity index is 2.00. The van der Waals surface area contributed by atoms with Gasteiger partial charge in [0.15, 0.2) is 12.7 Å². The van der Waals surface area contributed by atoms with E-state index in [2.05, 4.69) is 5.32 Å². The summed E-state index contributed by atoms with van der Waals surface area (Å²) < 4.78 is 63.6. The number of nitrogens with one attached hydrogen (secondary N) is 1. The van der Waals surface area contributed by atoms with Gasteiger partial charge in [-0.25, -0.2) is 9.18 Å². The first-order valence-corrected chi connectivity index (χ1v) is 11.3. The van der Waals surface area contributed by atoms with Crippen LogP contribution >= 0.6 is 0 Å². The summed E-state index contributed by atoms with van der Waals surface area (Å²) in [5.41, 5.74) is -0.409. The second kappa shape index (κ2) is 13.1. The highest BCUT2D eigenvalue weighted by Crippen LogP contribution is 2.32. The van der Waals surface area contributed by atoms with Gasteiger partial charge in [-0.2, -0.15) is 13.2 Å². The first-order chi connectivity index (χ1) is 16.5. The zero-order valence-electron chi connectivity index (χ0n) is 19.5. The Kier molecular flexibility index (Phi) is 10.5. The van der Waals surface area contributed by atoms with Crippen LogP contribution in [0, 0.1) is 5.82 Å². The summed E-state index contributed by atoms with van der Waals surface area (Å²) in [7, 11) is 0. The summed E-state index contributed by atoms with van der Waals surface area (Å²) >= 11 is 0. The average Bonchev–Trinajstić information content (AvgIpc) is 2.80. The van der Waals surface area contributed by atoms with Crippen LogP contribution in [-0.4, -0.2) is 36.3 Å². The number of carbonyl (C=O) groups is 2. The van der Waals surface area contributed by atoms with Crippen LogP contribution in [0.1, 0.15) is 55.8 Å². The molecule has 2 aromatic carbocycles. The predicted molar refractivity (Wildman–Crippen MR) is 121 cm³/mol. The van der Waals surface area contributed by atoms with Crippen LogP contribution < -0.4 is 10.1 Å². The van der Waals surface area contributed by atoms with Gasteiger partial charge in [-0.15, -0.1) is 0 Å². The summed E-state index contributed by atoms with van der Waals surface area (Å²) in [6, 6.07) is 7.94. The molecule has 0 aromatic heterocycles. The van der Waals surface area contributed by atoms with E-state index in [1.165, 1.54) is 0 Å². The van der Waals surface area contributed by atoms with Crippen molar-refractivity contribution in [1.82, 2.24) is 5.32 Å². The van der Waals surface area contributed by atoms with E-state index in [4.69, 9.17) is 9.47 Å². The SMILES string of the molecule is CCCCC(NC(=O)COc1ccc(C[C@H](OCC)C(=O)O)cc1)c1ccc(C(F)(F)F)cc1F. The lowest BCUT2D eigenvalue weighted by Crippen LogP contribution is -2.33. The molecule has 0 aliphatic heterocycles. The lowest BCUT2D eigenvalue weighted by atomic mass is 9.99. The number of rotatable bonds is 13. The van der Waals surface area contributed by atoms with Crippen molar-refractivity contribution in [1.29, 1.82) is 0 Å². The van der Waals surface area contributed by atoms with E-state index in [-0.39, 0.29) is 25.2 Å². The smallest absolute Gasteiger partial charge is 0.416 e. The number of amides is 1. The van der Waals surface area contributed by atoms with E-state index in [1.54, 1.807) is 31.2 Å². The number of halogens is 4. The number of carboxylic acids is 1. The third kappa shape index (κ3) is 8.86. The second-order valence-corrected chi connectivity index (χ2v) is 7.92. The van der Waals surface area contributed by atoms with Gasteiger partial charge in [0.05, 0.1) is 11.6 Å². The minimum absolute atomic E-state index is 0.0218. The van der Waals surface area contributed by atoms with Crippen molar-refractivity contribution in [3.05, 3.63) is 65.0 Å². The molecule has 0 saturated heterocycles. The molecule has 0 radical (unpaired) electrons. The van der Waals surface area contributed by atoms with Crippen molar-refractivity contribution < 1.29 is 41.7 Å². The Morgan fingerprint density at radius 2 is 1.77 bits per heavy atom. The van der Waals surface area contributed by atoms with E-state index < -0.39 is 41.6 Å². The van der Waals surface area contributed by atoms with E-state index >= 15 is 0 Å². The molecule has 2 N–H and O–H groups in total. The number of aliphatic carboxylic acids is 1. The summed E-state index contributed by atoms with van der Waals surface area (Å²) in [6.45, 7) is 3.49. The van der Waals surface area contributed by atoms with Crippen LogP contribution in [0.25, 0.3) is 0 Å². The van der Waals surface area contributed by atoms with E-state index in [0.29, 0.717) is 30.2 Å². The molecule has 35 heavy (non-hydrogen) atoms. The van der Waals surface area contributed by atoms with Gasteiger partial charge in [0, 0.05) is 18.6 Å². The first kappa shape index (κ1) is 28.1. The van der Waals surface area contributed by atoms with Gasteiger partial charge in [0.2, 0.25) is 0 Å². The molecule has 0 bridgehead atoms. The molecule has 0 spiro atoms. The number of unbranched alkanes of at least 4 members (excludes halogenated alkanes) is 1. The predicted octanol–water partition coefficient (Wildman–Crippen LogP) is 5.30. The summed E-state index contributed by atoms with van der Waals surface area (Å²) in [5.74, 6) is -2.30. The van der Waals surface area contributed by atoms with Gasteiger partial charge in [0.25, 0.3) is 5.91 Å². The average molecular weight is 500 g/mol. The van der Waals surface area contributed by atoms with Crippen LogP contribution in [0.15, 0.2) is 42.5 Å². The standard InChI is InChI=1S/C25H29F4NO5/c1-3-5-6-21(19-12-9-17(14-20(19)26)25(27,28)29)30-23(31)15-35-18-10-7-16(8-11-18)13-22(24(32)33)34-4-2/h7-12,14,21-22H,3-6,13,15H2,1-2H3,(H,30,31)(H,32,33)/t21?,22-/m0/s1. The van der Waals surface area contributed by atoms with Crippen molar-refractivity contribution in [3.8, 4) is 5.75 Å². The van der Waals surface area contributed by atoms with Crippen LogP contribution in [0.3, 0.4) is 0 Å². The molecule has 0 saturated carbocycles. The molecule has 1 amide bonds. The van der Waals surface area contributed by atoms with Gasteiger partial charge in [0.1, 0.15) is 11.6 Å². The highest BCUT2D eigenvalue weighted by atomic mass is 19.4. The highest BCUT2D eigenvalue weighted by Gasteiger charge is 2.32. The van der Waals surface area contributed by atoms with Crippen LogP contribution in [0.5, 0.6) is 5.75 Å². The topological polar surface area (TPSA) is 84.9 Å². The van der Waals surface area contributed by atoms with Crippen LogP contribution in [0.2, 0.25) is 0 Å². The van der Waals surface area contributed by atoms with Gasteiger partial charge in [-0.3, -0.25) is 4.79 Å². The Bertz CT molecular complexity index is 979. The Hall–Kier alpha value is -3.14. The zero-order valence-corrected chi connectivity index (χ0v) is 19.5. The molecule has 1 unspecified atom stereocenters. The van der Waals surface area contributed by atoms with Crippen LogP contribution in [-0.2, 0) is 26.9 Å². The summed E-state index contributed by atoms with van der Waals surface area (Å²) in [5, 5.41) is 11.8. The largest absolute Gasteiger partial charge is 0.484 e. The molecule has 192 valence electrons. The molecule has 0 heterocycles. The minimum atomic E-state index is -4.66. The number of hydrogen-bond donors (Lipinski definition) is 2. The fourth-order valence-corrected chi connectivity index (χ4v) is 3.44. The van der Waals surface area contributed by atoms with Crippen molar-refractivity contribution in [3.63, 3.8) is 0 Å². The van der Waals surface area contributed by atoms with Gasteiger partial charge in [-0.05, 0) is 43.2 Å². The van der Waals surface area contributed by atoms with E-state index in [0.717, 1.165) is 18.6 Å². The monoisotopic (exact) mass is 499 g/mol. The minimum Gasteiger partial charge on any atom is -0.484 e. The van der Waals surface area contributed by atoms with Gasteiger partial charge in [-0.1, -0.05) is 38.0 Å². The normalized spacial score (nSPS) is 13.2. The number of carbonyl (C=O) groups excluding carboxylic acids is 1. The van der Waals surface area contributed by atoms with E-state index in [9.17, 15) is 32.3 Å². The van der Waals surface area contributed by atoms with Crippen molar-refractivity contribution >= 4 is 11.9 Å². The molecular formula is C25H29F4NO5. The Morgan fingerprint density at radius 3 is 2.31 bits per heavy atom. The van der Waals surface area contributed by atoms with Crippen molar-refractivity contribution in [2.24, 2.45) is 0 Å². The Labute approximate surface area is 201 Å². The third-order valence-corrected chi connectivity index (χ3v) is 5.24. The number of ether oxygens (including phenoxy) is 2. The highest BCUT2D eigenvalue weighted by molar-refractivity contribution is 5.78. The third-order valence-electron chi connectivity index (χ3n) is 5.24. The number of hydrogen-bond acceptors (Lipinski definition) is 4. The molecule has 6 nitrogen and oxygen atoms in total. The van der Waals surface area contributed by atoms with Crippen LogP contribution in [0.4, 0.5) is 17.6 Å². The zero-order chi connectivity index (χ0) is 26.0. The maximum atomic E-state index is 14.5. The lowest BCUT2D eigenvalue weighted by molar-refractivity contribution is -0.150. The van der Waals surface area contributed by atoms with Crippen molar-refractivity contribution in [2.45, 2.75) is 57.9 Å². The second-order valence-electron chi connectivity index (χ2n) is 7.92. The lowest BCUT2D eigenvalue weighted by Gasteiger charge is -2.21. The molecule has 0 aliphatic rings. The molecular weight excluding hydrogens is 470 g/mol. The summed E-state index contributed by atoms with van der Waals surface area (Å²) in [6.07, 6.45) is -3.73. The maximum absolute atomic E-state index is 14.5. The first-order valence-electron chi connectivity index (χ1n) is 11.3. The van der Waals surface area contributed by atoms with Crippen molar-refractivity contribution in [2.75, 3.05) is 13.2 Å². The Morgan fingerprint density at radius 1 is 1.09 bits per heavy atom.